The van der Waals surface area contributed by atoms with Crippen molar-refractivity contribution in [1.82, 2.24) is 34.8 Å². The largest absolute Gasteiger partial charge is 0.471 e. The van der Waals surface area contributed by atoms with Gasteiger partial charge in [0.25, 0.3) is 0 Å². The minimum Gasteiger partial charge on any atom is -0.471 e. The van der Waals surface area contributed by atoms with E-state index in [1.165, 1.54) is 6.42 Å². The van der Waals surface area contributed by atoms with Crippen molar-refractivity contribution in [2.45, 2.75) is 43.9 Å². The fourth-order valence-electron chi connectivity index (χ4n) is 5.45. The van der Waals surface area contributed by atoms with Gasteiger partial charge < -0.3 is 14.2 Å². The summed E-state index contributed by atoms with van der Waals surface area (Å²) in [6, 6.07) is 8.90. The number of nitrogens with one attached hydrogen (secondary N) is 1. The lowest BCUT2D eigenvalue weighted by atomic mass is 9.72. The molecule has 1 aliphatic carbocycles. The van der Waals surface area contributed by atoms with Crippen LogP contribution in [0.4, 0.5) is 13.2 Å². The van der Waals surface area contributed by atoms with Gasteiger partial charge in [-0.05, 0) is 49.9 Å². The van der Waals surface area contributed by atoms with E-state index in [0.29, 0.717) is 29.1 Å². The number of hydrogen-bond donors (Lipinski definition) is 1. The molecular formula is C26H28F3N7O. The van der Waals surface area contributed by atoms with Crippen molar-refractivity contribution in [3.05, 3.63) is 53.7 Å². The van der Waals surface area contributed by atoms with Crippen LogP contribution in [0.25, 0.3) is 22.2 Å². The zero-order valence-electron chi connectivity index (χ0n) is 20.7. The third kappa shape index (κ3) is 4.45. The van der Waals surface area contributed by atoms with Crippen molar-refractivity contribution in [2.24, 2.45) is 13.0 Å². The van der Waals surface area contributed by atoms with Crippen LogP contribution in [0, 0.1) is 5.92 Å². The molecular weight excluding hydrogens is 483 g/mol. The molecule has 0 amide bonds. The summed E-state index contributed by atoms with van der Waals surface area (Å²) in [7, 11) is 3.89. The summed E-state index contributed by atoms with van der Waals surface area (Å²) in [5.74, 6) is 1.32. The number of aromatic nitrogens is 6. The lowest BCUT2D eigenvalue weighted by Crippen LogP contribution is -2.24. The second-order valence-electron chi connectivity index (χ2n) is 10.2. The second kappa shape index (κ2) is 9.13. The average Bonchev–Trinajstić information content (AvgIpc) is 3.55. The average molecular weight is 512 g/mol. The number of nitrogens with zero attached hydrogens (tertiary/aromatic N) is 6. The highest BCUT2D eigenvalue weighted by Gasteiger charge is 2.36. The summed E-state index contributed by atoms with van der Waals surface area (Å²) in [6.45, 7) is 1.45. The molecule has 37 heavy (non-hydrogen) atoms. The molecule has 1 saturated carbocycles. The van der Waals surface area contributed by atoms with E-state index in [2.05, 4.69) is 30.3 Å². The molecule has 4 aromatic rings. The normalized spacial score (nSPS) is 19.9. The van der Waals surface area contributed by atoms with Crippen molar-refractivity contribution in [1.29, 1.82) is 0 Å². The number of aromatic amines is 1. The first-order chi connectivity index (χ1) is 17.8. The molecule has 2 aliphatic rings. The van der Waals surface area contributed by atoms with Gasteiger partial charge in [0.1, 0.15) is 35.2 Å². The van der Waals surface area contributed by atoms with Gasteiger partial charge >= 0.3 is 6.18 Å². The first-order valence-corrected chi connectivity index (χ1v) is 12.5. The lowest BCUT2D eigenvalue weighted by Gasteiger charge is -2.33. The Labute approximate surface area is 211 Å². The van der Waals surface area contributed by atoms with E-state index in [9.17, 15) is 13.2 Å². The maximum atomic E-state index is 13.8. The third-order valence-electron chi connectivity index (χ3n) is 7.60. The molecule has 0 spiro atoms. The molecule has 2 atom stereocenters. The maximum absolute atomic E-state index is 13.8. The number of fused-ring (bicyclic) bond motifs is 1. The molecule has 3 aromatic heterocycles. The molecule has 0 unspecified atom stereocenters. The first kappa shape index (κ1) is 23.9. The van der Waals surface area contributed by atoms with Crippen LogP contribution in [0.1, 0.15) is 48.7 Å². The number of hydrogen-bond acceptors (Lipinski definition) is 6. The van der Waals surface area contributed by atoms with Gasteiger partial charge in [0.15, 0.2) is 0 Å². The molecule has 6 rings (SSSR count). The first-order valence-electron chi connectivity index (χ1n) is 12.5. The molecule has 4 heterocycles. The highest BCUT2D eigenvalue weighted by molar-refractivity contribution is 5.95. The van der Waals surface area contributed by atoms with Crippen molar-refractivity contribution in [3.8, 4) is 17.1 Å². The monoisotopic (exact) mass is 511 g/mol. The van der Waals surface area contributed by atoms with Gasteiger partial charge in [0.05, 0.1) is 0 Å². The maximum Gasteiger partial charge on any atom is 0.433 e. The van der Waals surface area contributed by atoms with Crippen LogP contribution in [0.15, 0.2) is 36.7 Å². The van der Waals surface area contributed by atoms with E-state index in [4.69, 9.17) is 4.74 Å². The Bertz CT molecular complexity index is 1430. The quantitative estimate of drug-likeness (QED) is 0.401. The number of likely N-dealkylation sites (tertiary alicyclic amines) is 1. The van der Waals surface area contributed by atoms with Gasteiger partial charge in [-0.1, -0.05) is 24.6 Å². The third-order valence-corrected chi connectivity index (χ3v) is 7.60. The predicted octanol–water partition coefficient (Wildman–Crippen LogP) is 4.79. The summed E-state index contributed by atoms with van der Waals surface area (Å²) in [5.41, 5.74) is 1.58. The van der Waals surface area contributed by atoms with Crippen LogP contribution in [-0.4, -0.2) is 61.1 Å². The van der Waals surface area contributed by atoms with Gasteiger partial charge in [-0.25, -0.2) is 4.98 Å². The Hall–Kier alpha value is -3.47. The fraction of sp³-hybridized carbons (Fsp3) is 0.462. The van der Waals surface area contributed by atoms with Crippen molar-refractivity contribution in [2.75, 3.05) is 20.1 Å². The second-order valence-corrected chi connectivity index (χ2v) is 10.2. The predicted molar refractivity (Wildman–Crippen MR) is 131 cm³/mol. The smallest absolute Gasteiger partial charge is 0.433 e. The molecule has 1 N–H and O–H groups in total. The number of pyridine rings is 1. The van der Waals surface area contributed by atoms with Crippen molar-refractivity contribution < 1.29 is 17.9 Å². The Kier molecular flexibility index (Phi) is 5.89. The number of alkyl halides is 3. The Morgan fingerprint density at radius 1 is 1.14 bits per heavy atom. The van der Waals surface area contributed by atoms with Gasteiger partial charge in [0.2, 0.25) is 5.88 Å². The van der Waals surface area contributed by atoms with Crippen LogP contribution in [0.2, 0.25) is 0 Å². The number of benzene rings is 1. The number of rotatable bonds is 6. The summed E-state index contributed by atoms with van der Waals surface area (Å²) in [6.07, 6.45) is 0.958. The SMILES string of the molecule is CN1CC[C@@H](Oc2nc(C(F)(F)F)cc3c(-c4cccc([C@H](c5nncn5C)C5CCC5)c4)n[nH]c23)C1. The van der Waals surface area contributed by atoms with Crippen LogP contribution in [-0.2, 0) is 13.2 Å². The number of ether oxygens (including phenoxy) is 1. The summed E-state index contributed by atoms with van der Waals surface area (Å²) >= 11 is 0. The standard InChI is InChI=1S/C26H28F3N7O/c1-35-10-9-18(13-35)37-25-23-19(12-20(31-25)26(27,28)29)22(32-33-23)17-8-4-7-16(11-17)21(15-5-3-6-15)24-34-30-14-36(24)2/h4,7-8,11-12,14-15,18,21H,3,5-6,9-10,13H2,1-2H3,(H,32,33)/t18-,21-/m1/s1. The molecule has 1 aliphatic heterocycles. The van der Waals surface area contributed by atoms with E-state index >= 15 is 0 Å². The molecule has 2 fully saturated rings. The zero-order valence-corrected chi connectivity index (χ0v) is 20.7. The van der Waals surface area contributed by atoms with E-state index < -0.39 is 11.9 Å². The van der Waals surface area contributed by atoms with Crippen LogP contribution < -0.4 is 4.74 Å². The summed E-state index contributed by atoms with van der Waals surface area (Å²) in [5, 5.41) is 16.1. The molecule has 1 aromatic carbocycles. The molecule has 194 valence electrons. The van der Waals surface area contributed by atoms with Gasteiger partial charge in [-0.15, -0.1) is 10.2 Å². The van der Waals surface area contributed by atoms with Crippen LogP contribution in [0.3, 0.4) is 0 Å². The molecule has 11 heteroatoms. The lowest BCUT2D eigenvalue weighted by molar-refractivity contribution is -0.141. The Morgan fingerprint density at radius 2 is 1.97 bits per heavy atom. The van der Waals surface area contributed by atoms with E-state index in [1.807, 2.05) is 42.9 Å². The van der Waals surface area contributed by atoms with Gasteiger partial charge in [-0.2, -0.15) is 18.3 Å². The van der Waals surface area contributed by atoms with Gasteiger partial charge in [-0.3, -0.25) is 5.10 Å². The summed E-state index contributed by atoms with van der Waals surface area (Å²) in [4.78, 5) is 5.92. The Balaban J connectivity index is 1.43. The minimum atomic E-state index is -4.62. The zero-order chi connectivity index (χ0) is 25.7. The fourth-order valence-corrected chi connectivity index (χ4v) is 5.45. The van der Waals surface area contributed by atoms with E-state index in [0.717, 1.165) is 48.8 Å². The van der Waals surface area contributed by atoms with Crippen LogP contribution in [0.5, 0.6) is 5.88 Å². The Morgan fingerprint density at radius 3 is 2.62 bits per heavy atom. The number of H-pyrrole nitrogens is 1. The number of halogens is 3. The topological polar surface area (TPSA) is 84.8 Å². The highest BCUT2D eigenvalue weighted by atomic mass is 19.4. The minimum absolute atomic E-state index is 0.0528. The molecule has 0 bridgehead atoms. The van der Waals surface area contributed by atoms with Gasteiger partial charge in [0, 0.05) is 37.0 Å². The van der Waals surface area contributed by atoms with E-state index in [-0.39, 0.29) is 17.9 Å². The van der Waals surface area contributed by atoms with Crippen LogP contribution >= 0.6 is 0 Å². The molecule has 0 radical (unpaired) electrons. The van der Waals surface area contributed by atoms with Crippen molar-refractivity contribution in [3.63, 3.8) is 0 Å². The van der Waals surface area contributed by atoms with E-state index in [1.54, 1.807) is 6.33 Å². The summed E-state index contributed by atoms with van der Waals surface area (Å²) < 4.78 is 49.4. The highest BCUT2D eigenvalue weighted by Crippen LogP contribution is 2.44. The number of aryl methyl sites for hydroxylation is 1. The number of likely N-dealkylation sites (N-methyl/N-ethyl adjacent to an activating group) is 1. The van der Waals surface area contributed by atoms with Crippen molar-refractivity contribution >= 4 is 10.9 Å². The molecule has 8 nitrogen and oxygen atoms in total. The molecule has 1 saturated heterocycles.